The third kappa shape index (κ3) is 4.72. The SMILES string of the molecule is CCCC(C)NC(=O)c1cc(F)ccc1C#CCO. The molecule has 2 N–H and O–H groups in total. The van der Waals surface area contributed by atoms with Gasteiger partial charge in [0.15, 0.2) is 0 Å². The van der Waals surface area contributed by atoms with E-state index in [0.717, 1.165) is 18.9 Å². The lowest BCUT2D eigenvalue weighted by Crippen LogP contribution is -2.32. The maximum absolute atomic E-state index is 13.2. The van der Waals surface area contributed by atoms with E-state index in [0.29, 0.717) is 5.56 Å². The molecule has 1 amide bonds. The average molecular weight is 263 g/mol. The van der Waals surface area contributed by atoms with Gasteiger partial charge in [0.1, 0.15) is 12.4 Å². The monoisotopic (exact) mass is 263 g/mol. The van der Waals surface area contributed by atoms with Gasteiger partial charge >= 0.3 is 0 Å². The van der Waals surface area contributed by atoms with Crippen LogP contribution in [0.5, 0.6) is 0 Å². The third-order valence-electron chi connectivity index (χ3n) is 2.63. The first-order valence-corrected chi connectivity index (χ1v) is 6.28. The number of amides is 1. The molecule has 3 nitrogen and oxygen atoms in total. The molecule has 0 fully saturated rings. The van der Waals surface area contributed by atoms with Gasteiger partial charge in [0, 0.05) is 11.6 Å². The summed E-state index contributed by atoms with van der Waals surface area (Å²) in [4.78, 5) is 12.1. The van der Waals surface area contributed by atoms with Crippen LogP contribution in [0, 0.1) is 17.7 Å². The zero-order valence-electron chi connectivity index (χ0n) is 11.2. The Hall–Kier alpha value is -1.86. The van der Waals surface area contributed by atoms with Crippen molar-refractivity contribution in [3.63, 3.8) is 0 Å². The molecule has 0 aliphatic heterocycles. The van der Waals surface area contributed by atoms with Crippen LogP contribution in [0.2, 0.25) is 0 Å². The lowest BCUT2D eigenvalue weighted by Gasteiger charge is -2.13. The number of rotatable bonds is 4. The van der Waals surface area contributed by atoms with Gasteiger partial charge in [0.25, 0.3) is 5.91 Å². The van der Waals surface area contributed by atoms with Crippen LogP contribution in [0.15, 0.2) is 18.2 Å². The molecule has 0 aliphatic carbocycles. The van der Waals surface area contributed by atoms with Gasteiger partial charge in [-0.2, -0.15) is 0 Å². The second kappa shape index (κ2) is 7.55. The van der Waals surface area contributed by atoms with E-state index in [1.165, 1.54) is 12.1 Å². The Labute approximate surface area is 112 Å². The van der Waals surface area contributed by atoms with Gasteiger partial charge in [-0.05, 0) is 31.5 Å². The Morgan fingerprint density at radius 2 is 2.26 bits per heavy atom. The van der Waals surface area contributed by atoms with Crippen LogP contribution < -0.4 is 5.32 Å². The van der Waals surface area contributed by atoms with Crippen molar-refractivity contribution in [1.82, 2.24) is 5.32 Å². The van der Waals surface area contributed by atoms with Gasteiger partial charge in [-0.25, -0.2) is 4.39 Å². The van der Waals surface area contributed by atoms with E-state index in [1.807, 2.05) is 13.8 Å². The largest absolute Gasteiger partial charge is 0.384 e. The summed E-state index contributed by atoms with van der Waals surface area (Å²) in [5.74, 6) is 4.28. The van der Waals surface area contributed by atoms with Gasteiger partial charge in [-0.3, -0.25) is 4.79 Å². The molecule has 0 radical (unpaired) electrons. The molecule has 0 aromatic heterocycles. The summed E-state index contributed by atoms with van der Waals surface area (Å²) in [6.07, 6.45) is 1.82. The summed E-state index contributed by atoms with van der Waals surface area (Å²) >= 11 is 0. The summed E-state index contributed by atoms with van der Waals surface area (Å²) in [6.45, 7) is 3.63. The van der Waals surface area contributed by atoms with Crippen molar-refractivity contribution in [3.05, 3.63) is 35.1 Å². The van der Waals surface area contributed by atoms with Gasteiger partial charge in [-0.1, -0.05) is 25.2 Å². The highest BCUT2D eigenvalue weighted by Crippen LogP contribution is 2.11. The van der Waals surface area contributed by atoms with E-state index in [4.69, 9.17) is 5.11 Å². The third-order valence-corrected chi connectivity index (χ3v) is 2.63. The first-order chi connectivity index (χ1) is 9.08. The van der Waals surface area contributed by atoms with Crippen molar-refractivity contribution in [1.29, 1.82) is 0 Å². The molecule has 1 aromatic carbocycles. The first-order valence-electron chi connectivity index (χ1n) is 6.28. The van der Waals surface area contributed by atoms with Gasteiger partial charge in [-0.15, -0.1) is 0 Å². The topological polar surface area (TPSA) is 49.3 Å². The standard InChI is InChI=1S/C15H18FNO2/c1-3-5-11(2)17-15(19)14-10-13(16)8-7-12(14)6-4-9-18/h7-8,10-11,18H,3,5,9H2,1-2H3,(H,17,19). The van der Waals surface area contributed by atoms with Crippen LogP contribution in [-0.2, 0) is 0 Å². The van der Waals surface area contributed by atoms with Gasteiger partial charge < -0.3 is 10.4 Å². The number of aliphatic hydroxyl groups excluding tert-OH is 1. The second-order valence-electron chi connectivity index (χ2n) is 4.31. The minimum atomic E-state index is -0.483. The minimum Gasteiger partial charge on any atom is -0.384 e. The fourth-order valence-corrected chi connectivity index (χ4v) is 1.75. The fraction of sp³-hybridized carbons (Fsp3) is 0.400. The Bertz CT molecular complexity index is 503. The van der Waals surface area contributed by atoms with E-state index in [9.17, 15) is 9.18 Å². The Kier molecular flexibility index (Phi) is 6.04. The molecule has 1 unspecified atom stereocenters. The van der Waals surface area contributed by atoms with Crippen molar-refractivity contribution in [2.75, 3.05) is 6.61 Å². The molecule has 0 heterocycles. The van der Waals surface area contributed by atoms with Gasteiger partial charge in [0.05, 0.1) is 5.56 Å². The number of nitrogens with one attached hydrogen (secondary N) is 1. The number of hydrogen-bond donors (Lipinski definition) is 2. The molecule has 0 aliphatic rings. The van der Waals surface area contributed by atoms with Crippen molar-refractivity contribution in [2.24, 2.45) is 0 Å². The highest BCUT2D eigenvalue weighted by molar-refractivity contribution is 5.96. The molecule has 4 heteroatoms. The van der Waals surface area contributed by atoms with Crippen molar-refractivity contribution in [2.45, 2.75) is 32.7 Å². The number of carbonyl (C=O) groups excluding carboxylic acids is 1. The predicted molar refractivity (Wildman–Crippen MR) is 72.2 cm³/mol. The van der Waals surface area contributed by atoms with Crippen LogP contribution >= 0.6 is 0 Å². The Balaban J connectivity index is 2.97. The second-order valence-corrected chi connectivity index (χ2v) is 4.31. The molecule has 0 saturated carbocycles. The smallest absolute Gasteiger partial charge is 0.252 e. The quantitative estimate of drug-likeness (QED) is 0.817. The maximum atomic E-state index is 13.2. The molecule has 0 bridgehead atoms. The maximum Gasteiger partial charge on any atom is 0.252 e. The molecule has 102 valence electrons. The molecule has 0 spiro atoms. The molecule has 1 atom stereocenters. The molecule has 1 aromatic rings. The lowest BCUT2D eigenvalue weighted by molar-refractivity contribution is 0.0937. The van der Waals surface area contributed by atoms with Crippen molar-refractivity contribution < 1.29 is 14.3 Å². The van der Waals surface area contributed by atoms with E-state index in [1.54, 1.807) is 0 Å². The Morgan fingerprint density at radius 1 is 1.53 bits per heavy atom. The summed E-state index contributed by atoms with van der Waals surface area (Å²) in [7, 11) is 0. The summed E-state index contributed by atoms with van der Waals surface area (Å²) in [5.41, 5.74) is 0.612. The summed E-state index contributed by atoms with van der Waals surface area (Å²) < 4.78 is 13.2. The normalized spacial score (nSPS) is 11.4. The van der Waals surface area contributed by atoms with E-state index in [-0.39, 0.29) is 24.1 Å². The van der Waals surface area contributed by atoms with E-state index < -0.39 is 5.82 Å². The molecular formula is C15H18FNO2. The number of carbonyl (C=O) groups is 1. The number of hydrogen-bond acceptors (Lipinski definition) is 2. The zero-order chi connectivity index (χ0) is 14.3. The van der Waals surface area contributed by atoms with Crippen molar-refractivity contribution >= 4 is 5.91 Å². The average Bonchev–Trinajstić information content (AvgIpc) is 2.37. The summed E-state index contributed by atoms with van der Waals surface area (Å²) in [6, 6.07) is 3.87. The number of halogens is 1. The van der Waals surface area contributed by atoms with Crippen LogP contribution in [0.25, 0.3) is 0 Å². The first kappa shape index (κ1) is 15.2. The van der Waals surface area contributed by atoms with Crippen molar-refractivity contribution in [3.8, 4) is 11.8 Å². The predicted octanol–water partition coefficient (Wildman–Crippen LogP) is 2.09. The van der Waals surface area contributed by atoms with Gasteiger partial charge in [0.2, 0.25) is 0 Å². The Morgan fingerprint density at radius 3 is 2.89 bits per heavy atom. The zero-order valence-corrected chi connectivity index (χ0v) is 11.2. The molecule has 0 saturated heterocycles. The fourth-order valence-electron chi connectivity index (χ4n) is 1.75. The van der Waals surface area contributed by atoms with Crippen LogP contribution in [0.1, 0.15) is 42.6 Å². The molecule has 19 heavy (non-hydrogen) atoms. The molecular weight excluding hydrogens is 245 g/mol. The van der Waals surface area contributed by atoms with E-state index >= 15 is 0 Å². The molecule has 1 rings (SSSR count). The van der Waals surface area contributed by atoms with E-state index in [2.05, 4.69) is 17.2 Å². The van der Waals surface area contributed by atoms with Crippen LogP contribution in [0.4, 0.5) is 4.39 Å². The number of aliphatic hydroxyl groups is 1. The lowest BCUT2D eigenvalue weighted by atomic mass is 10.1. The highest BCUT2D eigenvalue weighted by Gasteiger charge is 2.13. The minimum absolute atomic E-state index is 0.0272. The van der Waals surface area contributed by atoms with Crippen LogP contribution in [-0.4, -0.2) is 23.7 Å². The van der Waals surface area contributed by atoms with Crippen LogP contribution in [0.3, 0.4) is 0 Å². The number of benzene rings is 1. The highest BCUT2D eigenvalue weighted by atomic mass is 19.1. The summed E-state index contributed by atoms with van der Waals surface area (Å²) in [5, 5.41) is 11.5.